The van der Waals surface area contributed by atoms with Gasteiger partial charge < -0.3 is 20.5 Å². The first-order valence-corrected chi connectivity index (χ1v) is 10.4. The normalized spacial score (nSPS) is 22.7. The highest BCUT2D eigenvalue weighted by Gasteiger charge is 2.65. The van der Waals surface area contributed by atoms with Crippen LogP contribution in [-0.2, 0) is 0 Å². The van der Waals surface area contributed by atoms with Gasteiger partial charge in [-0.05, 0) is 42.0 Å². The number of aliphatic hydroxyl groups is 1. The lowest BCUT2D eigenvalue weighted by atomic mass is 9.77. The minimum atomic E-state index is -5.19. The van der Waals surface area contributed by atoms with Crippen LogP contribution in [0.3, 0.4) is 0 Å². The molecule has 3 aromatic rings. The third-order valence-electron chi connectivity index (χ3n) is 5.34. The third kappa shape index (κ3) is 4.55. The number of nitrogens with one attached hydrogen (secondary N) is 2. The Morgan fingerprint density at radius 2 is 1.55 bits per heavy atom. The quantitative estimate of drug-likeness (QED) is 0.368. The van der Waals surface area contributed by atoms with Gasteiger partial charge in [0.2, 0.25) is 5.72 Å². The number of hydrogen-bond donors (Lipinski definition) is 3. The van der Waals surface area contributed by atoms with E-state index in [1.54, 1.807) is 48.5 Å². The summed E-state index contributed by atoms with van der Waals surface area (Å²) >= 11 is 4.97. The molecule has 1 saturated heterocycles. The number of para-hydroxylation sites is 1. The van der Waals surface area contributed by atoms with E-state index in [-0.39, 0.29) is 5.56 Å². The monoisotopic (exact) mass is 472 g/mol. The molecule has 0 amide bonds. The summed E-state index contributed by atoms with van der Waals surface area (Å²) < 4.78 is 48.1. The molecular formula is C24H19F3N2O3S. The molecule has 0 aromatic heterocycles. The van der Waals surface area contributed by atoms with Crippen molar-refractivity contribution in [2.24, 2.45) is 5.92 Å². The molecule has 9 heteroatoms. The van der Waals surface area contributed by atoms with Gasteiger partial charge in [0.1, 0.15) is 17.4 Å². The summed E-state index contributed by atoms with van der Waals surface area (Å²) in [6.07, 6.45) is -5.19. The second-order valence-electron chi connectivity index (χ2n) is 7.54. The van der Waals surface area contributed by atoms with Crippen molar-refractivity contribution in [3.8, 4) is 11.5 Å². The van der Waals surface area contributed by atoms with Crippen LogP contribution in [0.1, 0.15) is 22.0 Å². The van der Waals surface area contributed by atoms with Crippen LogP contribution in [0.4, 0.5) is 13.2 Å². The number of alkyl halides is 3. The lowest BCUT2D eigenvalue weighted by Gasteiger charge is -2.46. The predicted octanol–water partition coefficient (Wildman–Crippen LogP) is 4.75. The molecule has 5 nitrogen and oxygen atoms in total. The minimum Gasteiger partial charge on any atom is -0.457 e. The van der Waals surface area contributed by atoms with Crippen LogP contribution >= 0.6 is 12.2 Å². The van der Waals surface area contributed by atoms with E-state index in [2.05, 4.69) is 5.32 Å². The molecule has 0 unspecified atom stereocenters. The van der Waals surface area contributed by atoms with Gasteiger partial charge in [-0.3, -0.25) is 4.79 Å². The smallest absolute Gasteiger partial charge is 0.437 e. The van der Waals surface area contributed by atoms with Crippen molar-refractivity contribution < 1.29 is 27.8 Å². The van der Waals surface area contributed by atoms with Crippen molar-refractivity contribution in [1.82, 2.24) is 10.6 Å². The highest BCUT2D eigenvalue weighted by Crippen LogP contribution is 2.44. The molecule has 170 valence electrons. The van der Waals surface area contributed by atoms with Crippen LogP contribution in [0.5, 0.6) is 11.5 Å². The van der Waals surface area contributed by atoms with E-state index in [1.165, 1.54) is 30.3 Å². The fourth-order valence-corrected chi connectivity index (χ4v) is 4.08. The zero-order valence-corrected chi connectivity index (χ0v) is 17.9. The molecule has 3 N–H and O–H groups in total. The summed E-state index contributed by atoms with van der Waals surface area (Å²) in [5.41, 5.74) is -3.25. The van der Waals surface area contributed by atoms with E-state index in [1.807, 2.05) is 11.4 Å². The first-order valence-electron chi connectivity index (χ1n) is 9.99. The van der Waals surface area contributed by atoms with Gasteiger partial charge in [-0.15, -0.1) is 0 Å². The van der Waals surface area contributed by atoms with Gasteiger partial charge >= 0.3 is 6.18 Å². The Bertz CT molecular complexity index is 1160. The van der Waals surface area contributed by atoms with Crippen LogP contribution in [0.25, 0.3) is 0 Å². The first kappa shape index (κ1) is 22.8. The van der Waals surface area contributed by atoms with Crippen molar-refractivity contribution in [3.63, 3.8) is 0 Å². The minimum absolute atomic E-state index is 0.0308. The molecule has 4 rings (SSSR count). The van der Waals surface area contributed by atoms with Crippen molar-refractivity contribution in [3.05, 3.63) is 96.1 Å². The number of rotatable bonds is 5. The van der Waals surface area contributed by atoms with E-state index in [4.69, 9.17) is 17.0 Å². The summed E-state index contributed by atoms with van der Waals surface area (Å²) in [6.45, 7) is 0. The van der Waals surface area contributed by atoms with E-state index < -0.39 is 34.8 Å². The van der Waals surface area contributed by atoms with E-state index in [0.717, 1.165) is 0 Å². The van der Waals surface area contributed by atoms with Gasteiger partial charge in [-0.2, -0.15) is 13.2 Å². The highest BCUT2D eigenvalue weighted by atomic mass is 32.1. The molecule has 0 saturated carbocycles. The fourth-order valence-electron chi connectivity index (χ4n) is 3.79. The lowest BCUT2D eigenvalue weighted by molar-refractivity contribution is -0.285. The number of halogens is 3. The molecule has 3 atom stereocenters. The van der Waals surface area contributed by atoms with Crippen LogP contribution in [0.2, 0.25) is 0 Å². The molecule has 1 aliphatic rings. The average molecular weight is 472 g/mol. The lowest BCUT2D eigenvalue weighted by Crippen LogP contribution is -2.72. The third-order valence-corrected chi connectivity index (χ3v) is 5.56. The van der Waals surface area contributed by atoms with Gasteiger partial charge in [-0.1, -0.05) is 60.7 Å². The number of ketones is 1. The Labute approximate surface area is 193 Å². The maximum Gasteiger partial charge on any atom is 0.437 e. The van der Waals surface area contributed by atoms with Crippen molar-refractivity contribution >= 4 is 23.1 Å². The van der Waals surface area contributed by atoms with Crippen LogP contribution < -0.4 is 15.4 Å². The molecule has 0 bridgehead atoms. The van der Waals surface area contributed by atoms with Crippen LogP contribution in [0, 0.1) is 5.92 Å². The maximum absolute atomic E-state index is 14.1. The van der Waals surface area contributed by atoms with Gasteiger partial charge in [0.25, 0.3) is 0 Å². The predicted molar refractivity (Wildman–Crippen MR) is 120 cm³/mol. The second kappa shape index (κ2) is 8.84. The molecule has 0 spiro atoms. The largest absolute Gasteiger partial charge is 0.457 e. The van der Waals surface area contributed by atoms with E-state index in [9.17, 15) is 23.1 Å². The summed E-state index contributed by atoms with van der Waals surface area (Å²) in [4.78, 5) is 13.3. The standard InChI is InChI=1S/C24H19F3N2O3S/c25-24(26,27)23(31)19(21(30)15-8-3-1-4-9-15)20(28-22(33)29-23)16-10-7-13-18(14-16)32-17-11-5-2-6-12-17/h1-14,19-20,31H,(H2,28,29,33)/t19-,20+,23+/m1/s1. The number of benzene rings is 3. The Hall–Kier alpha value is -3.43. The van der Waals surface area contributed by atoms with Gasteiger partial charge in [0, 0.05) is 5.56 Å². The summed E-state index contributed by atoms with van der Waals surface area (Å²) in [5.74, 6) is -1.98. The number of hydrogen-bond acceptors (Lipinski definition) is 4. The molecular weight excluding hydrogens is 453 g/mol. The molecule has 1 heterocycles. The Morgan fingerprint density at radius 3 is 2.18 bits per heavy atom. The fraction of sp³-hybridized carbons (Fsp3) is 0.167. The Morgan fingerprint density at radius 1 is 0.939 bits per heavy atom. The number of ether oxygens (including phenoxy) is 1. The SMILES string of the molecule is O=C(c1ccccc1)[C@H]1[C@H](c2cccc(Oc3ccccc3)c2)NC(=S)N[C@@]1(O)C(F)(F)F. The molecule has 3 aromatic carbocycles. The highest BCUT2D eigenvalue weighted by molar-refractivity contribution is 7.80. The van der Waals surface area contributed by atoms with Gasteiger partial charge in [0.05, 0.1) is 6.04 Å². The number of carbonyl (C=O) groups is 1. The zero-order chi connectivity index (χ0) is 23.6. The van der Waals surface area contributed by atoms with E-state index >= 15 is 0 Å². The van der Waals surface area contributed by atoms with Crippen molar-refractivity contribution in [1.29, 1.82) is 0 Å². The molecule has 1 aliphatic heterocycles. The number of Topliss-reactive ketones (excluding diaryl/α,β-unsaturated/α-hetero) is 1. The maximum atomic E-state index is 14.1. The van der Waals surface area contributed by atoms with E-state index in [0.29, 0.717) is 17.1 Å². The molecule has 0 aliphatic carbocycles. The number of thiocarbonyl (C=S) groups is 1. The van der Waals surface area contributed by atoms with Gasteiger partial charge in [0.15, 0.2) is 10.9 Å². The summed E-state index contributed by atoms with van der Waals surface area (Å²) in [5, 5.41) is 15.0. The Kier molecular flexibility index (Phi) is 6.09. The topological polar surface area (TPSA) is 70.6 Å². The zero-order valence-electron chi connectivity index (χ0n) is 17.0. The summed E-state index contributed by atoms with van der Waals surface area (Å²) in [6, 6.07) is 21.4. The van der Waals surface area contributed by atoms with Crippen molar-refractivity contribution in [2.45, 2.75) is 17.9 Å². The molecule has 33 heavy (non-hydrogen) atoms. The van der Waals surface area contributed by atoms with Gasteiger partial charge in [-0.25, -0.2) is 0 Å². The second-order valence-corrected chi connectivity index (χ2v) is 7.94. The first-order chi connectivity index (χ1) is 15.7. The molecule has 1 fully saturated rings. The number of carbonyl (C=O) groups excluding carboxylic acids is 1. The van der Waals surface area contributed by atoms with Crippen LogP contribution in [0.15, 0.2) is 84.9 Å². The average Bonchev–Trinajstić information content (AvgIpc) is 2.79. The summed E-state index contributed by atoms with van der Waals surface area (Å²) in [7, 11) is 0. The van der Waals surface area contributed by atoms with Crippen LogP contribution in [-0.4, -0.2) is 27.9 Å². The Balaban J connectivity index is 1.78. The molecule has 0 radical (unpaired) electrons. The van der Waals surface area contributed by atoms with Crippen molar-refractivity contribution in [2.75, 3.05) is 0 Å².